The maximum Gasteiger partial charge on any atom is 0.223 e. The minimum atomic E-state index is 0.236. The van der Waals surface area contributed by atoms with E-state index in [1.807, 2.05) is 41.3 Å². The molecule has 4 rings (SSSR count). The number of carbonyl (C=O) groups is 1. The number of thioether (sulfide) groups is 1. The van der Waals surface area contributed by atoms with Crippen LogP contribution in [0.5, 0.6) is 0 Å². The minimum absolute atomic E-state index is 0.236. The maximum absolute atomic E-state index is 12.6. The van der Waals surface area contributed by atoms with E-state index in [4.69, 9.17) is 16.6 Å². The van der Waals surface area contributed by atoms with E-state index in [-0.39, 0.29) is 5.91 Å². The van der Waals surface area contributed by atoms with Crippen LogP contribution < -0.4 is 0 Å². The lowest BCUT2D eigenvalue weighted by Crippen LogP contribution is -2.38. The van der Waals surface area contributed by atoms with Crippen LogP contribution in [0.25, 0.3) is 11.3 Å². The Morgan fingerprint density at radius 2 is 1.93 bits per heavy atom. The Balaban J connectivity index is 1.25. The van der Waals surface area contributed by atoms with Gasteiger partial charge in [0.15, 0.2) is 0 Å². The van der Waals surface area contributed by atoms with Crippen molar-refractivity contribution in [3.63, 3.8) is 0 Å². The molecule has 0 saturated carbocycles. The second kappa shape index (κ2) is 9.74. The van der Waals surface area contributed by atoms with Gasteiger partial charge in [-0.3, -0.25) is 9.78 Å². The second-order valence-corrected chi connectivity index (χ2v) is 9.42. The highest BCUT2D eigenvalue weighted by molar-refractivity contribution is 7.99. The number of thiazole rings is 1. The summed E-state index contributed by atoms with van der Waals surface area (Å²) in [5.41, 5.74) is 2.12. The molecule has 1 aliphatic rings. The summed E-state index contributed by atoms with van der Waals surface area (Å²) in [4.78, 5) is 24.5. The molecule has 3 heterocycles. The van der Waals surface area contributed by atoms with Gasteiger partial charge in [-0.05, 0) is 37.1 Å². The van der Waals surface area contributed by atoms with Gasteiger partial charge in [-0.2, -0.15) is 0 Å². The first kappa shape index (κ1) is 20.4. The topological polar surface area (TPSA) is 46.1 Å². The van der Waals surface area contributed by atoms with Gasteiger partial charge in [0.2, 0.25) is 5.91 Å². The third kappa shape index (κ3) is 5.18. The summed E-state index contributed by atoms with van der Waals surface area (Å²) in [5, 5.41) is 4.05. The van der Waals surface area contributed by atoms with E-state index in [0.29, 0.717) is 12.3 Å². The third-order valence-electron chi connectivity index (χ3n) is 5.11. The van der Waals surface area contributed by atoms with Crippen molar-refractivity contribution in [3.05, 3.63) is 64.2 Å². The quantitative estimate of drug-likeness (QED) is 0.455. The SMILES string of the molecule is O=C(CCSc1ccccc1Cl)N1CCC(c2nc(-c3ccncc3)cs2)CC1. The molecule has 0 N–H and O–H groups in total. The van der Waals surface area contributed by atoms with Crippen LogP contribution in [0.15, 0.2) is 59.1 Å². The molecule has 2 aromatic heterocycles. The van der Waals surface area contributed by atoms with E-state index in [1.54, 1.807) is 35.5 Å². The zero-order valence-electron chi connectivity index (χ0n) is 16.0. The zero-order valence-corrected chi connectivity index (χ0v) is 18.3. The molecule has 0 radical (unpaired) electrons. The standard InChI is InChI=1S/C22H22ClN3OS2/c23-18-3-1-2-4-20(18)28-14-9-21(27)26-12-7-17(8-13-26)22-25-19(15-29-22)16-5-10-24-11-6-16/h1-6,10-11,15,17H,7-9,12-14H2. The molecule has 4 nitrogen and oxygen atoms in total. The van der Waals surface area contributed by atoms with Gasteiger partial charge in [-0.1, -0.05) is 23.7 Å². The van der Waals surface area contributed by atoms with Crippen LogP contribution in [0.2, 0.25) is 5.02 Å². The third-order valence-corrected chi connectivity index (χ3v) is 7.63. The van der Waals surface area contributed by atoms with Gasteiger partial charge in [-0.15, -0.1) is 23.1 Å². The predicted molar refractivity (Wildman–Crippen MR) is 121 cm³/mol. The van der Waals surface area contributed by atoms with E-state index in [1.165, 1.54) is 5.01 Å². The number of piperidine rings is 1. The van der Waals surface area contributed by atoms with Crippen LogP contribution in [-0.4, -0.2) is 39.6 Å². The van der Waals surface area contributed by atoms with Crippen molar-refractivity contribution in [2.45, 2.75) is 30.1 Å². The smallest absolute Gasteiger partial charge is 0.223 e. The predicted octanol–water partition coefficient (Wildman–Crippen LogP) is 5.75. The van der Waals surface area contributed by atoms with Crippen LogP contribution in [0.3, 0.4) is 0 Å². The van der Waals surface area contributed by atoms with E-state index < -0.39 is 0 Å². The Hall–Kier alpha value is -1.89. The van der Waals surface area contributed by atoms with Gasteiger partial charge >= 0.3 is 0 Å². The van der Waals surface area contributed by atoms with E-state index in [9.17, 15) is 4.79 Å². The maximum atomic E-state index is 12.6. The Morgan fingerprint density at radius 1 is 1.17 bits per heavy atom. The van der Waals surface area contributed by atoms with Crippen molar-refractivity contribution < 1.29 is 4.79 Å². The van der Waals surface area contributed by atoms with Gasteiger partial charge < -0.3 is 4.90 Å². The Labute approximate surface area is 184 Å². The molecule has 0 spiro atoms. The summed E-state index contributed by atoms with van der Waals surface area (Å²) in [6.07, 6.45) is 6.09. The second-order valence-electron chi connectivity index (χ2n) is 6.99. The Kier molecular flexibility index (Phi) is 6.85. The highest BCUT2D eigenvalue weighted by atomic mass is 35.5. The molecule has 0 atom stereocenters. The molecule has 1 amide bonds. The monoisotopic (exact) mass is 443 g/mol. The lowest BCUT2D eigenvalue weighted by atomic mass is 9.97. The number of amides is 1. The van der Waals surface area contributed by atoms with Crippen LogP contribution >= 0.6 is 34.7 Å². The minimum Gasteiger partial charge on any atom is -0.343 e. The molecule has 1 fully saturated rings. The average molecular weight is 444 g/mol. The van der Waals surface area contributed by atoms with Gasteiger partial charge in [0, 0.05) is 59.4 Å². The Bertz CT molecular complexity index is 955. The number of hydrogen-bond donors (Lipinski definition) is 0. The van der Waals surface area contributed by atoms with Gasteiger partial charge in [0.05, 0.1) is 15.7 Å². The largest absolute Gasteiger partial charge is 0.343 e. The number of nitrogens with zero attached hydrogens (tertiary/aromatic N) is 3. The first-order chi connectivity index (χ1) is 14.2. The number of rotatable bonds is 6. The highest BCUT2D eigenvalue weighted by Gasteiger charge is 2.25. The number of hydrogen-bond acceptors (Lipinski definition) is 5. The molecule has 3 aromatic rings. The van der Waals surface area contributed by atoms with E-state index in [2.05, 4.69) is 10.4 Å². The number of likely N-dealkylation sites (tertiary alicyclic amines) is 1. The van der Waals surface area contributed by atoms with Crippen molar-refractivity contribution in [1.82, 2.24) is 14.9 Å². The molecule has 0 aliphatic carbocycles. The lowest BCUT2D eigenvalue weighted by molar-refractivity contribution is -0.131. The molecule has 150 valence electrons. The fourth-order valence-corrected chi connectivity index (χ4v) is 5.65. The number of carbonyl (C=O) groups excluding carboxylic acids is 1. The zero-order chi connectivity index (χ0) is 20.1. The van der Waals surface area contributed by atoms with Crippen molar-refractivity contribution >= 4 is 40.6 Å². The highest BCUT2D eigenvalue weighted by Crippen LogP contribution is 2.33. The lowest BCUT2D eigenvalue weighted by Gasteiger charge is -2.31. The normalized spacial score (nSPS) is 14.9. The molecule has 29 heavy (non-hydrogen) atoms. The molecule has 0 bridgehead atoms. The van der Waals surface area contributed by atoms with Gasteiger partial charge in [0.25, 0.3) is 0 Å². The number of pyridine rings is 1. The number of benzene rings is 1. The molecular formula is C22H22ClN3OS2. The van der Waals surface area contributed by atoms with Crippen LogP contribution in [-0.2, 0) is 4.79 Å². The molecule has 1 saturated heterocycles. The van der Waals surface area contributed by atoms with Crippen molar-refractivity contribution in [2.75, 3.05) is 18.8 Å². The summed E-state index contributed by atoms with van der Waals surface area (Å²) in [6.45, 7) is 1.62. The van der Waals surface area contributed by atoms with Crippen LogP contribution in [0.1, 0.15) is 30.2 Å². The van der Waals surface area contributed by atoms with Crippen molar-refractivity contribution in [2.24, 2.45) is 0 Å². The number of halogens is 1. The van der Waals surface area contributed by atoms with E-state index in [0.717, 1.165) is 52.9 Å². The fourth-order valence-electron chi connectivity index (χ4n) is 3.47. The Morgan fingerprint density at radius 3 is 2.69 bits per heavy atom. The van der Waals surface area contributed by atoms with E-state index >= 15 is 0 Å². The summed E-state index contributed by atoms with van der Waals surface area (Å²) in [6, 6.07) is 11.7. The first-order valence-corrected chi connectivity index (χ1v) is 12.0. The van der Waals surface area contributed by atoms with Crippen LogP contribution in [0, 0.1) is 0 Å². The van der Waals surface area contributed by atoms with Gasteiger partial charge in [0.1, 0.15) is 0 Å². The molecule has 1 aliphatic heterocycles. The van der Waals surface area contributed by atoms with Crippen molar-refractivity contribution in [1.29, 1.82) is 0 Å². The summed E-state index contributed by atoms with van der Waals surface area (Å²) in [7, 11) is 0. The van der Waals surface area contributed by atoms with Gasteiger partial charge in [-0.25, -0.2) is 4.98 Å². The molecular weight excluding hydrogens is 422 g/mol. The average Bonchev–Trinajstić information content (AvgIpc) is 3.26. The fraction of sp³-hybridized carbons (Fsp3) is 0.318. The summed E-state index contributed by atoms with van der Waals surface area (Å²) < 4.78 is 0. The number of aromatic nitrogens is 2. The summed E-state index contributed by atoms with van der Waals surface area (Å²) >= 11 is 9.55. The molecule has 1 aromatic carbocycles. The molecule has 7 heteroatoms. The first-order valence-electron chi connectivity index (χ1n) is 9.71. The van der Waals surface area contributed by atoms with Crippen molar-refractivity contribution in [3.8, 4) is 11.3 Å². The van der Waals surface area contributed by atoms with Crippen LogP contribution in [0.4, 0.5) is 0 Å². The summed E-state index contributed by atoms with van der Waals surface area (Å²) in [5.74, 6) is 1.43. The molecule has 0 unspecified atom stereocenters.